The minimum Gasteiger partial charge on any atom is -0.0859 e. The van der Waals surface area contributed by atoms with Crippen molar-refractivity contribution in [1.82, 2.24) is 0 Å². The molecule has 0 atom stereocenters. The van der Waals surface area contributed by atoms with Crippen LogP contribution in [0.25, 0.3) is 0 Å². The average Bonchev–Trinajstić information content (AvgIpc) is 2.38. The molecule has 0 aromatic carbocycles. The molecule has 123 valence electrons. The third-order valence-electron chi connectivity index (χ3n) is 3.71. The molecular formula is C21H36Y. The van der Waals surface area contributed by atoms with E-state index >= 15 is 0 Å². The fourth-order valence-electron chi connectivity index (χ4n) is 2.34. The SMILES string of the molecule is CC/C=C(\C)CC/C=C(\C)CC/C=C(\C)CCC=C(C)C.[Y]. The zero-order valence-electron chi connectivity index (χ0n) is 15.8. The van der Waals surface area contributed by atoms with Gasteiger partial charge in [0, 0.05) is 32.7 Å². The summed E-state index contributed by atoms with van der Waals surface area (Å²) in [5, 5.41) is 0. The fourth-order valence-corrected chi connectivity index (χ4v) is 2.34. The van der Waals surface area contributed by atoms with Gasteiger partial charge in [-0.1, -0.05) is 53.5 Å². The summed E-state index contributed by atoms with van der Waals surface area (Å²) >= 11 is 0. The van der Waals surface area contributed by atoms with Gasteiger partial charge in [0.15, 0.2) is 0 Å². The molecule has 0 aromatic heterocycles. The fraction of sp³-hybridized carbons (Fsp3) is 0.619. The van der Waals surface area contributed by atoms with Crippen molar-refractivity contribution in [2.24, 2.45) is 0 Å². The van der Waals surface area contributed by atoms with Crippen LogP contribution in [0.1, 0.15) is 86.5 Å². The summed E-state index contributed by atoms with van der Waals surface area (Å²) in [5.74, 6) is 0. The first-order valence-corrected chi connectivity index (χ1v) is 8.56. The van der Waals surface area contributed by atoms with Gasteiger partial charge in [0.05, 0.1) is 0 Å². The Morgan fingerprint density at radius 1 is 0.591 bits per heavy atom. The molecule has 0 amide bonds. The van der Waals surface area contributed by atoms with Crippen LogP contribution in [0.5, 0.6) is 0 Å². The molecule has 0 saturated carbocycles. The van der Waals surface area contributed by atoms with Crippen molar-refractivity contribution in [3.05, 3.63) is 46.6 Å². The summed E-state index contributed by atoms with van der Waals surface area (Å²) in [6.45, 7) is 13.3. The van der Waals surface area contributed by atoms with E-state index in [1.807, 2.05) is 0 Å². The minimum atomic E-state index is 0. The summed E-state index contributed by atoms with van der Waals surface area (Å²) in [5.41, 5.74) is 6.01. The minimum absolute atomic E-state index is 0. The van der Waals surface area contributed by atoms with E-state index in [-0.39, 0.29) is 32.7 Å². The van der Waals surface area contributed by atoms with Crippen LogP contribution in [0.4, 0.5) is 0 Å². The number of allylic oxidation sites excluding steroid dienone is 8. The molecule has 0 heterocycles. The molecule has 0 aliphatic carbocycles. The van der Waals surface area contributed by atoms with Gasteiger partial charge < -0.3 is 0 Å². The van der Waals surface area contributed by atoms with Gasteiger partial charge in [-0.05, 0) is 79.6 Å². The van der Waals surface area contributed by atoms with Crippen LogP contribution >= 0.6 is 0 Å². The van der Waals surface area contributed by atoms with Crippen molar-refractivity contribution in [3.63, 3.8) is 0 Å². The van der Waals surface area contributed by atoms with E-state index in [9.17, 15) is 0 Å². The average molecular weight is 377 g/mol. The monoisotopic (exact) mass is 377 g/mol. The summed E-state index contributed by atoms with van der Waals surface area (Å²) in [4.78, 5) is 0. The number of hydrogen-bond acceptors (Lipinski definition) is 0. The molecule has 0 aromatic rings. The third kappa shape index (κ3) is 16.4. The van der Waals surface area contributed by atoms with Crippen LogP contribution in [0, 0.1) is 0 Å². The Morgan fingerprint density at radius 2 is 0.955 bits per heavy atom. The molecule has 22 heavy (non-hydrogen) atoms. The molecule has 1 radical (unpaired) electrons. The maximum absolute atomic E-state index is 2.42. The zero-order chi connectivity index (χ0) is 16.1. The van der Waals surface area contributed by atoms with Crippen LogP contribution in [-0.2, 0) is 32.7 Å². The number of hydrogen-bond donors (Lipinski definition) is 0. The smallest absolute Gasteiger partial charge is 0 e. The van der Waals surface area contributed by atoms with E-state index in [0.717, 1.165) is 6.42 Å². The van der Waals surface area contributed by atoms with Gasteiger partial charge in [-0.3, -0.25) is 0 Å². The molecular weight excluding hydrogens is 341 g/mol. The Kier molecular flexibility index (Phi) is 17.6. The second-order valence-electron chi connectivity index (χ2n) is 6.46. The Labute approximate surface area is 165 Å². The van der Waals surface area contributed by atoms with Crippen molar-refractivity contribution < 1.29 is 32.7 Å². The summed E-state index contributed by atoms with van der Waals surface area (Å²) in [6, 6.07) is 0. The van der Waals surface area contributed by atoms with E-state index in [4.69, 9.17) is 0 Å². The van der Waals surface area contributed by atoms with E-state index < -0.39 is 0 Å². The standard InChI is InChI=1S/C21H36.Y/c1-7-11-19(4)14-9-15-21(6)17-10-16-20(5)13-8-12-18(2)3;/h11-12,15-16H,7-10,13-14,17H2,1-6H3;/b19-11+,20-16+,21-15+;. The molecule has 0 aliphatic rings. The molecule has 0 fully saturated rings. The topological polar surface area (TPSA) is 0 Å². The maximum atomic E-state index is 2.42. The van der Waals surface area contributed by atoms with Crippen molar-refractivity contribution in [2.45, 2.75) is 86.5 Å². The van der Waals surface area contributed by atoms with Gasteiger partial charge >= 0.3 is 0 Å². The van der Waals surface area contributed by atoms with E-state index in [0.29, 0.717) is 0 Å². The third-order valence-corrected chi connectivity index (χ3v) is 3.71. The van der Waals surface area contributed by atoms with Crippen LogP contribution in [0.15, 0.2) is 46.6 Å². The summed E-state index contributed by atoms with van der Waals surface area (Å²) in [7, 11) is 0. The predicted molar refractivity (Wildman–Crippen MR) is 98.7 cm³/mol. The first-order chi connectivity index (χ1) is 9.95. The van der Waals surface area contributed by atoms with Gasteiger partial charge in [0.25, 0.3) is 0 Å². The van der Waals surface area contributed by atoms with Gasteiger partial charge in [-0.15, -0.1) is 0 Å². The molecule has 0 N–H and O–H groups in total. The summed E-state index contributed by atoms with van der Waals surface area (Å²) < 4.78 is 0. The normalized spacial score (nSPS) is 12.9. The van der Waals surface area contributed by atoms with Crippen molar-refractivity contribution >= 4 is 0 Å². The molecule has 0 bridgehead atoms. The first-order valence-electron chi connectivity index (χ1n) is 8.56. The Morgan fingerprint density at radius 3 is 1.32 bits per heavy atom. The maximum Gasteiger partial charge on any atom is 0 e. The largest absolute Gasteiger partial charge is 0.0859 e. The first kappa shape index (κ1) is 24.3. The van der Waals surface area contributed by atoms with Gasteiger partial charge in [-0.25, -0.2) is 0 Å². The molecule has 0 saturated heterocycles. The Bertz CT molecular complexity index is 390. The molecule has 0 spiro atoms. The quantitative estimate of drug-likeness (QED) is 0.345. The van der Waals surface area contributed by atoms with E-state index in [2.05, 4.69) is 65.8 Å². The van der Waals surface area contributed by atoms with Crippen molar-refractivity contribution in [1.29, 1.82) is 0 Å². The Hall–Kier alpha value is 0.0639. The molecule has 0 unspecified atom stereocenters. The van der Waals surface area contributed by atoms with Crippen molar-refractivity contribution in [2.75, 3.05) is 0 Å². The van der Waals surface area contributed by atoms with E-state index in [1.54, 1.807) is 0 Å². The predicted octanol–water partition coefficient (Wildman–Crippen LogP) is 7.54. The van der Waals surface area contributed by atoms with Gasteiger partial charge in [0.1, 0.15) is 0 Å². The van der Waals surface area contributed by atoms with Crippen molar-refractivity contribution in [3.8, 4) is 0 Å². The van der Waals surface area contributed by atoms with Gasteiger partial charge in [-0.2, -0.15) is 0 Å². The molecule has 0 aliphatic heterocycles. The Balaban J connectivity index is 0. The van der Waals surface area contributed by atoms with Crippen LogP contribution in [-0.4, -0.2) is 0 Å². The molecule has 0 nitrogen and oxygen atoms in total. The number of rotatable bonds is 10. The van der Waals surface area contributed by atoms with Crippen LogP contribution in [0.2, 0.25) is 0 Å². The van der Waals surface area contributed by atoms with E-state index in [1.165, 1.54) is 60.8 Å². The second kappa shape index (κ2) is 15.9. The van der Waals surface area contributed by atoms with Crippen LogP contribution < -0.4 is 0 Å². The zero-order valence-corrected chi connectivity index (χ0v) is 18.7. The van der Waals surface area contributed by atoms with Crippen LogP contribution in [0.3, 0.4) is 0 Å². The molecule has 1 heteroatoms. The second-order valence-corrected chi connectivity index (χ2v) is 6.46. The van der Waals surface area contributed by atoms with Gasteiger partial charge in [0.2, 0.25) is 0 Å². The summed E-state index contributed by atoms with van der Waals surface area (Å²) in [6.07, 6.45) is 17.8. The molecule has 0 rings (SSSR count).